The van der Waals surface area contributed by atoms with E-state index in [-0.39, 0.29) is 0 Å². The molecule has 0 fully saturated rings. The van der Waals surface area contributed by atoms with Crippen molar-refractivity contribution in [3.8, 4) is 0 Å². The number of ether oxygens (including phenoxy) is 2. The molecular formula is C21H39N3O6. The van der Waals surface area contributed by atoms with Crippen molar-refractivity contribution in [1.29, 1.82) is 0 Å². The first kappa shape index (κ1) is 27.7. The highest BCUT2D eigenvalue weighted by molar-refractivity contribution is 5.93. The third kappa shape index (κ3) is 11.0. The van der Waals surface area contributed by atoms with Crippen LogP contribution < -0.4 is 16.0 Å². The molecule has 0 rings (SSSR count). The van der Waals surface area contributed by atoms with Crippen molar-refractivity contribution in [1.82, 2.24) is 16.0 Å². The monoisotopic (exact) mass is 429 g/mol. The van der Waals surface area contributed by atoms with Gasteiger partial charge in [-0.25, -0.2) is 9.59 Å². The van der Waals surface area contributed by atoms with Gasteiger partial charge in [-0.3, -0.25) is 9.59 Å². The van der Waals surface area contributed by atoms with Crippen LogP contribution in [0.3, 0.4) is 0 Å². The topological polar surface area (TPSA) is 123 Å². The summed E-state index contributed by atoms with van der Waals surface area (Å²) in [7, 11) is 1.26. The van der Waals surface area contributed by atoms with E-state index in [0.717, 1.165) is 0 Å². The average Bonchev–Trinajstić information content (AvgIpc) is 2.64. The van der Waals surface area contributed by atoms with E-state index in [1.165, 1.54) is 7.11 Å². The van der Waals surface area contributed by atoms with Crippen molar-refractivity contribution in [2.45, 2.75) is 104 Å². The Morgan fingerprint density at radius 1 is 0.733 bits per heavy atom. The molecule has 0 aliphatic heterocycles. The minimum Gasteiger partial charge on any atom is -0.467 e. The Kier molecular flexibility index (Phi) is 12.8. The Labute approximate surface area is 180 Å². The molecule has 3 atom stereocenters. The molecule has 9 heteroatoms. The maximum Gasteiger partial charge on any atom is 0.408 e. The first-order valence-corrected chi connectivity index (χ1v) is 10.7. The molecule has 0 saturated carbocycles. The fraction of sp³-hybridized carbons (Fsp3) is 0.810. The largest absolute Gasteiger partial charge is 0.467 e. The van der Waals surface area contributed by atoms with Gasteiger partial charge in [0, 0.05) is 0 Å². The predicted octanol–water partition coefficient (Wildman–Crippen LogP) is 2.42. The maximum atomic E-state index is 12.8. The fourth-order valence-electron chi connectivity index (χ4n) is 2.79. The number of hydrogen-bond acceptors (Lipinski definition) is 6. The van der Waals surface area contributed by atoms with Crippen LogP contribution in [-0.4, -0.2) is 54.7 Å². The van der Waals surface area contributed by atoms with Crippen LogP contribution in [0, 0.1) is 0 Å². The standard InChI is InChI=1S/C21H39N3O6/c1-8-11-14(17(25)23-16(13-10-3)19(27)29-7)22-18(26)15(12-9-2)24-20(28)30-21(4,5)6/h14-16H,8-13H2,1-7H3,(H,22,26)(H,23,25)(H,24,28). The summed E-state index contributed by atoms with van der Waals surface area (Å²) in [5, 5.41) is 7.93. The van der Waals surface area contributed by atoms with Crippen LogP contribution in [0.15, 0.2) is 0 Å². The smallest absolute Gasteiger partial charge is 0.408 e. The Balaban J connectivity index is 5.20. The summed E-state index contributed by atoms with van der Waals surface area (Å²) >= 11 is 0. The van der Waals surface area contributed by atoms with E-state index in [1.807, 2.05) is 20.8 Å². The number of carbonyl (C=O) groups excluding carboxylic acids is 4. The molecule has 0 aliphatic carbocycles. The zero-order chi connectivity index (χ0) is 23.3. The Morgan fingerprint density at radius 3 is 1.53 bits per heavy atom. The van der Waals surface area contributed by atoms with Gasteiger partial charge in [0.15, 0.2) is 0 Å². The van der Waals surface area contributed by atoms with E-state index in [9.17, 15) is 19.2 Å². The van der Waals surface area contributed by atoms with Gasteiger partial charge in [-0.15, -0.1) is 0 Å². The second-order valence-corrected chi connectivity index (χ2v) is 8.21. The average molecular weight is 430 g/mol. The van der Waals surface area contributed by atoms with Crippen LogP contribution in [0.2, 0.25) is 0 Å². The highest BCUT2D eigenvalue weighted by Gasteiger charge is 2.29. The summed E-state index contributed by atoms with van der Waals surface area (Å²) in [4.78, 5) is 49.4. The van der Waals surface area contributed by atoms with Crippen molar-refractivity contribution in [3.63, 3.8) is 0 Å². The van der Waals surface area contributed by atoms with Crippen molar-refractivity contribution < 1.29 is 28.7 Å². The normalized spacial score (nSPS) is 14.1. The zero-order valence-corrected chi connectivity index (χ0v) is 19.4. The fourth-order valence-corrected chi connectivity index (χ4v) is 2.79. The molecule has 0 spiro atoms. The Bertz CT molecular complexity index is 574. The van der Waals surface area contributed by atoms with Crippen molar-refractivity contribution in [2.75, 3.05) is 7.11 Å². The molecule has 9 nitrogen and oxygen atoms in total. The van der Waals surface area contributed by atoms with Gasteiger partial charge in [-0.1, -0.05) is 40.0 Å². The number of rotatable bonds is 12. The van der Waals surface area contributed by atoms with Gasteiger partial charge in [0.2, 0.25) is 11.8 Å². The molecule has 0 aromatic carbocycles. The molecule has 0 aromatic rings. The molecule has 3 N–H and O–H groups in total. The lowest BCUT2D eigenvalue weighted by molar-refractivity contribution is -0.145. The molecule has 3 amide bonds. The third-order valence-corrected chi connectivity index (χ3v) is 4.17. The van der Waals surface area contributed by atoms with Crippen LogP contribution in [0.1, 0.15) is 80.1 Å². The van der Waals surface area contributed by atoms with Crippen LogP contribution in [0.25, 0.3) is 0 Å². The summed E-state index contributed by atoms with van der Waals surface area (Å²) in [6.07, 6.45) is 2.51. The quantitative estimate of drug-likeness (QED) is 0.410. The highest BCUT2D eigenvalue weighted by Crippen LogP contribution is 2.09. The molecule has 0 saturated heterocycles. The number of hydrogen-bond donors (Lipinski definition) is 3. The van der Waals surface area contributed by atoms with E-state index in [2.05, 4.69) is 16.0 Å². The summed E-state index contributed by atoms with van der Waals surface area (Å²) < 4.78 is 9.96. The second-order valence-electron chi connectivity index (χ2n) is 8.21. The van der Waals surface area contributed by atoms with Gasteiger partial charge in [-0.05, 0) is 40.0 Å². The minimum absolute atomic E-state index is 0.392. The van der Waals surface area contributed by atoms with Crippen LogP contribution in [0.4, 0.5) is 4.79 Å². The zero-order valence-electron chi connectivity index (χ0n) is 19.4. The Morgan fingerprint density at radius 2 is 1.13 bits per heavy atom. The summed E-state index contributed by atoms with van der Waals surface area (Å²) in [5.74, 6) is -1.45. The van der Waals surface area contributed by atoms with Crippen LogP contribution >= 0.6 is 0 Å². The second kappa shape index (κ2) is 13.8. The van der Waals surface area contributed by atoms with Crippen LogP contribution in [-0.2, 0) is 23.9 Å². The van der Waals surface area contributed by atoms with Gasteiger partial charge < -0.3 is 25.4 Å². The van der Waals surface area contributed by atoms with Crippen molar-refractivity contribution in [3.05, 3.63) is 0 Å². The van der Waals surface area contributed by atoms with Gasteiger partial charge in [0.1, 0.15) is 23.7 Å². The molecule has 174 valence electrons. The first-order chi connectivity index (χ1) is 14.0. The van der Waals surface area contributed by atoms with Crippen molar-refractivity contribution >= 4 is 23.9 Å². The summed E-state index contributed by atoms with van der Waals surface area (Å²) in [5.41, 5.74) is -0.690. The number of esters is 1. The number of alkyl carbamates (subject to hydrolysis) is 1. The number of methoxy groups -OCH3 is 1. The maximum absolute atomic E-state index is 12.8. The summed E-state index contributed by atoms with van der Waals surface area (Å²) in [6, 6.07) is -2.43. The molecular weight excluding hydrogens is 390 g/mol. The van der Waals surface area contributed by atoms with E-state index < -0.39 is 47.6 Å². The molecule has 0 aromatic heterocycles. The van der Waals surface area contributed by atoms with E-state index >= 15 is 0 Å². The lowest BCUT2D eigenvalue weighted by Crippen LogP contribution is -2.56. The summed E-state index contributed by atoms with van der Waals surface area (Å²) in [6.45, 7) is 10.9. The number of carbonyl (C=O) groups is 4. The molecule has 30 heavy (non-hydrogen) atoms. The van der Waals surface area contributed by atoms with E-state index in [0.29, 0.717) is 38.5 Å². The molecule has 0 aliphatic rings. The van der Waals surface area contributed by atoms with E-state index in [4.69, 9.17) is 9.47 Å². The molecule has 3 unspecified atom stereocenters. The predicted molar refractivity (Wildman–Crippen MR) is 114 cm³/mol. The number of nitrogens with one attached hydrogen (secondary N) is 3. The van der Waals surface area contributed by atoms with Gasteiger partial charge in [0.05, 0.1) is 7.11 Å². The lowest BCUT2D eigenvalue weighted by Gasteiger charge is -2.26. The highest BCUT2D eigenvalue weighted by atomic mass is 16.6. The SMILES string of the molecule is CCCC(NC(=O)OC(C)(C)C)C(=O)NC(CCC)C(=O)NC(CCC)C(=O)OC. The van der Waals surface area contributed by atoms with Gasteiger partial charge >= 0.3 is 12.1 Å². The van der Waals surface area contributed by atoms with Gasteiger partial charge in [0.25, 0.3) is 0 Å². The first-order valence-electron chi connectivity index (χ1n) is 10.7. The molecule has 0 bridgehead atoms. The molecule has 0 radical (unpaired) electrons. The van der Waals surface area contributed by atoms with E-state index in [1.54, 1.807) is 20.8 Å². The van der Waals surface area contributed by atoms with Crippen LogP contribution in [0.5, 0.6) is 0 Å². The molecule has 0 heterocycles. The third-order valence-electron chi connectivity index (χ3n) is 4.17. The Hall–Kier alpha value is -2.32. The number of amides is 3. The van der Waals surface area contributed by atoms with Gasteiger partial charge in [-0.2, -0.15) is 0 Å². The van der Waals surface area contributed by atoms with Crippen molar-refractivity contribution in [2.24, 2.45) is 0 Å². The minimum atomic E-state index is -0.830. The lowest BCUT2D eigenvalue weighted by atomic mass is 10.1.